The summed E-state index contributed by atoms with van der Waals surface area (Å²) in [7, 11) is 0. The van der Waals surface area contributed by atoms with Crippen molar-refractivity contribution in [3.63, 3.8) is 0 Å². The molecule has 0 unspecified atom stereocenters. The lowest BCUT2D eigenvalue weighted by Crippen LogP contribution is -2.36. The molecule has 0 N–H and O–H groups in total. The van der Waals surface area contributed by atoms with Crippen molar-refractivity contribution >= 4 is 29.0 Å². The molecule has 4 heteroatoms. The molecule has 2 nitrogen and oxygen atoms in total. The summed E-state index contributed by atoms with van der Waals surface area (Å²) in [6.45, 7) is 3.74. The summed E-state index contributed by atoms with van der Waals surface area (Å²) in [6.07, 6.45) is 0.320. The van der Waals surface area contributed by atoms with Crippen LogP contribution in [0.25, 0.3) is 0 Å². The first-order valence-corrected chi connectivity index (χ1v) is 5.36. The number of halogens is 2. The van der Waals surface area contributed by atoms with Crippen molar-refractivity contribution in [2.24, 2.45) is 0 Å². The van der Waals surface area contributed by atoms with Crippen molar-refractivity contribution in [1.29, 1.82) is 0 Å². The van der Waals surface area contributed by atoms with E-state index in [4.69, 9.17) is 27.9 Å². The van der Waals surface area contributed by atoms with Crippen molar-refractivity contribution in [3.05, 3.63) is 27.7 Å². The zero-order valence-corrected chi connectivity index (χ0v) is 9.95. The number of rotatable bonds is 0. The van der Waals surface area contributed by atoms with E-state index in [1.165, 1.54) is 0 Å². The predicted molar refractivity (Wildman–Crippen MR) is 60.1 cm³/mol. The van der Waals surface area contributed by atoms with Crippen molar-refractivity contribution in [3.8, 4) is 5.75 Å². The third kappa shape index (κ3) is 1.84. The zero-order valence-electron chi connectivity index (χ0n) is 8.43. The Morgan fingerprint density at radius 3 is 2.67 bits per heavy atom. The number of ketones is 1. The van der Waals surface area contributed by atoms with E-state index < -0.39 is 5.60 Å². The summed E-state index contributed by atoms with van der Waals surface area (Å²) in [6, 6.07) is 3.32. The van der Waals surface area contributed by atoms with E-state index in [-0.39, 0.29) is 10.8 Å². The number of Topliss-reactive ketones (excluding diaryl/α,β-unsaturated/α-hetero) is 1. The maximum absolute atomic E-state index is 11.9. The Labute approximate surface area is 98.1 Å². The highest BCUT2D eigenvalue weighted by molar-refractivity contribution is 6.44. The van der Waals surface area contributed by atoms with E-state index in [1.807, 2.05) is 13.8 Å². The molecule has 0 saturated carbocycles. The van der Waals surface area contributed by atoms with Crippen LogP contribution in [-0.2, 0) is 0 Å². The smallest absolute Gasteiger partial charge is 0.172 e. The average molecular weight is 245 g/mol. The molecule has 1 aliphatic rings. The van der Waals surface area contributed by atoms with Crippen molar-refractivity contribution in [2.45, 2.75) is 25.9 Å². The summed E-state index contributed by atoms with van der Waals surface area (Å²) in [5.74, 6) is 0.499. The molecule has 0 saturated heterocycles. The van der Waals surface area contributed by atoms with E-state index in [9.17, 15) is 4.79 Å². The highest BCUT2D eigenvalue weighted by Gasteiger charge is 2.34. The molecular weight excluding hydrogens is 235 g/mol. The molecule has 0 spiro atoms. The van der Waals surface area contributed by atoms with E-state index >= 15 is 0 Å². The minimum absolute atomic E-state index is 0.0197. The fraction of sp³-hybridized carbons (Fsp3) is 0.364. The molecule has 0 bridgehead atoms. The maximum atomic E-state index is 11.9. The fourth-order valence-electron chi connectivity index (χ4n) is 1.69. The van der Waals surface area contributed by atoms with Crippen LogP contribution in [0.3, 0.4) is 0 Å². The molecule has 0 amide bonds. The minimum Gasteiger partial charge on any atom is -0.487 e. The van der Waals surface area contributed by atoms with E-state index in [2.05, 4.69) is 0 Å². The van der Waals surface area contributed by atoms with Gasteiger partial charge in [0.05, 0.1) is 22.0 Å². The van der Waals surface area contributed by atoms with Gasteiger partial charge < -0.3 is 4.74 Å². The van der Waals surface area contributed by atoms with Gasteiger partial charge in [0, 0.05) is 0 Å². The van der Waals surface area contributed by atoms with Crippen molar-refractivity contribution in [1.82, 2.24) is 0 Å². The lowest BCUT2D eigenvalue weighted by atomic mass is 9.93. The topological polar surface area (TPSA) is 26.3 Å². The van der Waals surface area contributed by atoms with Crippen LogP contribution in [0, 0.1) is 0 Å². The number of hydrogen-bond acceptors (Lipinski definition) is 2. The molecule has 0 atom stereocenters. The van der Waals surface area contributed by atoms with Gasteiger partial charge in [-0.25, -0.2) is 0 Å². The van der Waals surface area contributed by atoms with Gasteiger partial charge in [-0.1, -0.05) is 23.2 Å². The Morgan fingerprint density at radius 2 is 2.00 bits per heavy atom. The van der Waals surface area contributed by atoms with Gasteiger partial charge >= 0.3 is 0 Å². The molecule has 15 heavy (non-hydrogen) atoms. The summed E-state index contributed by atoms with van der Waals surface area (Å²) in [4.78, 5) is 11.9. The summed E-state index contributed by atoms with van der Waals surface area (Å²) in [5, 5.41) is 0.668. The highest BCUT2D eigenvalue weighted by atomic mass is 35.5. The van der Waals surface area contributed by atoms with Gasteiger partial charge in [-0.05, 0) is 26.0 Å². The molecule has 1 aliphatic heterocycles. The summed E-state index contributed by atoms with van der Waals surface area (Å²) in [5.41, 5.74) is -0.0650. The van der Waals surface area contributed by atoms with Gasteiger partial charge in [-0.15, -0.1) is 0 Å². The molecule has 1 heterocycles. The highest BCUT2D eigenvalue weighted by Crippen LogP contribution is 2.39. The van der Waals surface area contributed by atoms with E-state index in [1.54, 1.807) is 12.1 Å². The standard InChI is InChI=1S/C11H10Cl2O2/c1-11(2)5-7(14)9-8(15-11)4-3-6(12)10(9)13/h3-4H,5H2,1-2H3. The molecule has 0 aliphatic carbocycles. The first-order valence-electron chi connectivity index (χ1n) is 4.61. The molecule has 1 aromatic rings. The third-order valence-corrected chi connectivity index (χ3v) is 3.11. The van der Waals surface area contributed by atoms with Crippen LogP contribution in [0.2, 0.25) is 10.0 Å². The Hall–Kier alpha value is -0.730. The summed E-state index contributed by atoms with van der Waals surface area (Å²) < 4.78 is 5.66. The minimum atomic E-state index is -0.471. The number of benzene rings is 1. The maximum Gasteiger partial charge on any atom is 0.172 e. The van der Waals surface area contributed by atoms with Gasteiger partial charge in [0.1, 0.15) is 11.4 Å². The fourth-order valence-corrected chi connectivity index (χ4v) is 2.11. The van der Waals surface area contributed by atoms with Gasteiger partial charge in [0.2, 0.25) is 0 Å². The quantitative estimate of drug-likeness (QED) is 0.695. The molecule has 80 valence electrons. The Bertz CT molecular complexity index is 438. The molecule has 0 fully saturated rings. The van der Waals surface area contributed by atoms with Crippen LogP contribution in [0.15, 0.2) is 12.1 Å². The van der Waals surface area contributed by atoms with Gasteiger partial charge in [-0.3, -0.25) is 4.79 Å². The lowest BCUT2D eigenvalue weighted by molar-refractivity contribution is 0.0620. The molecule has 0 radical (unpaired) electrons. The number of hydrogen-bond donors (Lipinski definition) is 0. The molecule has 0 aromatic heterocycles. The first-order chi connectivity index (χ1) is 6.91. The third-order valence-electron chi connectivity index (χ3n) is 2.31. The second kappa shape index (κ2) is 3.39. The van der Waals surface area contributed by atoms with Gasteiger partial charge in [-0.2, -0.15) is 0 Å². The number of carbonyl (C=O) groups excluding carboxylic acids is 1. The largest absolute Gasteiger partial charge is 0.487 e. The Balaban J connectivity index is 2.60. The van der Waals surface area contributed by atoms with Crippen LogP contribution >= 0.6 is 23.2 Å². The zero-order chi connectivity index (χ0) is 11.2. The van der Waals surface area contributed by atoms with Crippen LogP contribution < -0.4 is 4.74 Å². The Kier molecular flexibility index (Phi) is 2.44. The second-order valence-electron chi connectivity index (χ2n) is 4.20. The second-order valence-corrected chi connectivity index (χ2v) is 4.98. The number of carbonyl (C=O) groups is 1. The summed E-state index contributed by atoms with van der Waals surface area (Å²) >= 11 is 11.8. The first kappa shape index (κ1) is 10.8. The number of ether oxygens (including phenoxy) is 1. The molecule has 2 rings (SSSR count). The van der Waals surface area contributed by atoms with Crippen LogP contribution in [0.5, 0.6) is 5.75 Å². The van der Waals surface area contributed by atoms with Crippen LogP contribution in [0.4, 0.5) is 0 Å². The average Bonchev–Trinajstić information content (AvgIpc) is 2.09. The van der Waals surface area contributed by atoms with Crippen LogP contribution in [-0.4, -0.2) is 11.4 Å². The van der Waals surface area contributed by atoms with Crippen molar-refractivity contribution < 1.29 is 9.53 Å². The SMILES string of the molecule is CC1(C)CC(=O)c2c(ccc(Cl)c2Cl)O1. The van der Waals surface area contributed by atoms with Gasteiger partial charge in [0.25, 0.3) is 0 Å². The van der Waals surface area contributed by atoms with E-state index in [0.717, 1.165) is 0 Å². The monoisotopic (exact) mass is 244 g/mol. The van der Waals surface area contributed by atoms with Crippen LogP contribution in [0.1, 0.15) is 30.6 Å². The normalized spacial score (nSPS) is 18.3. The van der Waals surface area contributed by atoms with Crippen molar-refractivity contribution in [2.75, 3.05) is 0 Å². The predicted octanol–water partition coefficient (Wildman–Crippen LogP) is 3.74. The Morgan fingerprint density at radius 1 is 1.33 bits per heavy atom. The molecule has 1 aromatic carbocycles. The van der Waals surface area contributed by atoms with Gasteiger partial charge in [0.15, 0.2) is 5.78 Å². The lowest BCUT2D eigenvalue weighted by Gasteiger charge is -2.32. The van der Waals surface area contributed by atoms with E-state index in [0.29, 0.717) is 22.8 Å². The number of fused-ring (bicyclic) bond motifs is 1. The molecular formula is C11H10Cl2O2.